The summed E-state index contributed by atoms with van der Waals surface area (Å²) in [6, 6.07) is 0.582. The number of nitrogens with zero attached hydrogens (tertiary/aromatic N) is 4. The number of sulfonamides is 1. The second-order valence-corrected chi connectivity index (χ2v) is 11.7. The zero-order valence-corrected chi connectivity index (χ0v) is 19.5. The fourth-order valence-corrected chi connectivity index (χ4v) is 6.92. The number of hydrogen-bond donors (Lipinski definition) is 1. The summed E-state index contributed by atoms with van der Waals surface area (Å²) in [5.41, 5.74) is 6.06. The van der Waals surface area contributed by atoms with E-state index in [1.807, 2.05) is 0 Å². The van der Waals surface area contributed by atoms with E-state index in [1.165, 1.54) is 10.6 Å². The summed E-state index contributed by atoms with van der Waals surface area (Å²) in [6.45, 7) is 0.632. The molecule has 0 spiro atoms. The van der Waals surface area contributed by atoms with Crippen molar-refractivity contribution in [3.05, 3.63) is 16.8 Å². The van der Waals surface area contributed by atoms with Gasteiger partial charge in [-0.25, -0.2) is 18.4 Å². The average Bonchev–Trinajstić information content (AvgIpc) is 3.11. The van der Waals surface area contributed by atoms with Gasteiger partial charge in [0.2, 0.25) is 21.8 Å². The Morgan fingerprint density at radius 2 is 2.03 bits per heavy atom. The second kappa shape index (κ2) is 8.97. The van der Waals surface area contributed by atoms with Crippen LogP contribution in [0.3, 0.4) is 0 Å². The Bertz CT molecular complexity index is 1060. The molecule has 0 radical (unpaired) electrons. The molecule has 31 heavy (non-hydrogen) atoms. The van der Waals surface area contributed by atoms with Gasteiger partial charge in [-0.15, -0.1) is 11.3 Å². The SMILES string of the molecule is CN(C)C1CCC(Oc2ncnc3sc4c(c23)CN(S(=O)(=O)CCC(N)=O)CC4)CC1. The Morgan fingerprint density at radius 1 is 1.29 bits per heavy atom. The maximum Gasteiger partial charge on any atom is 0.225 e. The molecule has 1 aliphatic heterocycles. The van der Waals surface area contributed by atoms with E-state index in [4.69, 9.17) is 10.5 Å². The normalized spacial score (nSPS) is 22.5. The van der Waals surface area contributed by atoms with Gasteiger partial charge in [0, 0.05) is 30.4 Å². The highest BCUT2D eigenvalue weighted by atomic mass is 32.2. The molecule has 0 atom stereocenters. The van der Waals surface area contributed by atoms with Crippen LogP contribution in [-0.4, -0.2) is 72.0 Å². The molecule has 2 aliphatic rings. The number of carbonyl (C=O) groups is 1. The van der Waals surface area contributed by atoms with Gasteiger partial charge in [0.25, 0.3) is 0 Å². The number of rotatable bonds is 7. The maximum atomic E-state index is 12.7. The Kier molecular flexibility index (Phi) is 6.47. The van der Waals surface area contributed by atoms with Crippen LogP contribution in [0.1, 0.15) is 42.5 Å². The molecule has 1 amide bonds. The van der Waals surface area contributed by atoms with E-state index in [-0.39, 0.29) is 24.8 Å². The van der Waals surface area contributed by atoms with Gasteiger partial charge in [0.1, 0.15) is 17.3 Å². The van der Waals surface area contributed by atoms with Gasteiger partial charge < -0.3 is 15.4 Å². The van der Waals surface area contributed by atoms with Gasteiger partial charge in [-0.05, 0) is 51.8 Å². The van der Waals surface area contributed by atoms with Gasteiger partial charge in [0.05, 0.1) is 11.1 Å². The summed E-state index contributed by atoms with van der Waals surface area (Å²) in [4.78, 5) is 24.1. The smallest absolute Gasteiger partial charge is 0.225 e. The minimum atomic E-state index is -3.57. The minimum Gasteiger partial charge on any atom is -0.474 e. The number of nitrogens with two attached hydrogens (primary N) is 1. The number of amides is 1. The second-order valence-electron chi connectivity index (χ2n) is 8.49. The third kappa shape index (κ3) is 4.84. The lowest BCUT2D eigenvalue weighted by Crippen LogP contribution is -2.38. The number of primary amides is 1. The van der Waals surface area contributed by atoms with E-state index in [9.17, 15) is 13.2 Å². The predicted octanol–water partition coefficient (Wildman–Crippen LogP) is 1.51. The van der Waals surface area contributed by atoms with Crippen LogP contribution in [0.5, 0.6) is 5.88 Å². The Morgan fingerprint density at radius 3 is 2.71 bits per heavy atom. The van der Waals surface area contributed by atoms with Crippen molar-refractivity contribution >= 4 is 37.5 Å². The fourth-order valence-electron chi connectivity index (χ4n) is 4.38. The van der Waals surface area contributed by atoms with Crippen molar-refractivity contribution in [1.82, 2.24) is 19.2 Å². The van der Waals surface area contributed by atoms with Gasteiger partial charge in [-0.2, -0.15) is 4.31 Å². The molecule has 1 fully saturated rings. The topological polar surface area (TPSA) is 119 Å². The van der Waals surface area contributed by atoms with Crippen LogP contribution in [0.2, 0.25) is 0 Å². The lowest BCUT2D eigenvalue weighted by Gasteiger charge is -2.32. The summed E-state index contributed by atoms with van der Waals surface area (Å²) in [6.07, 6.45) is 6.15. The van der Waals surface area contributed by atoms with Crippen LogP contribution in [0, 0.1) is 0 Å². The first-order valence-electron chi connectivity index (χ1n) is 10.6. The van der Waals surface area contributed by atoms with E-state index >= 15 is 0 Å². The van der Waals surface area contributed by atoms with Crippen molar-refractivity contribution in [2.45, 2.75) is 57.2 Å². The molecule has 11 heteroatoms. The minimum absolute atomic E-state index is 0.101. The molecule has 0 aromatic carbocycles. The van der Waals surface area contributed by atoms with Crippen LogP contribution >= 0.6 is 11.3 Å². The fraction of sp³-hybridized carbons (Fsp3) is 0.650. The van der Waals surface area contributed by atoms with Crippen molar-refractivity contribution < 1.29 is 17.9 Å². The highest BCUT2D eigenvalue weighted by Crippen LogP contribution is 2.39. The van der Waals surface area contributed by atoms with Gasteiger partial charge in [-0.3, -0.25) is 4.79 Å². The third-order valence-electron chi connectivity index (χ3n) is 6.21. The molecule has 2 aromatic heterocycles. The van der Waals surface area contributed by atoms with Crippen LogP contribution in [0.15, 0.2) is 6.33 Å². The lowest BCUT2D eigenvalue weighted by atomic mass is 9.92. The molecule has 9 nitrogen and oxygen atoms in total. The van der Waals surface area contributed by atoms with Gasteiger partial charge in [0.15, 0.2) is 0 Å². The molecule has 4 rings (SSSR count). The molecule has 0 saturated heterocycles. The Balaban J connectivity index is 1.56. The van der Waals surface area contributed by atoms with Crippen molar-refractivity contribution in [2.24, 2.45) is 5.73 Å². The van der Waals surface area contributed by atoms with Gasteiger partial charge >= 0.3 is 0 Å². The summed E-state index contributed by atoms with van der Waals surface area (Å²) < 4.78 is 33.2. The number of hydrogen-bond acceptors (Lipinski definition) is 8. The molecule has 1 aliphatic carbocycles. The van der Waals surface area contributed by atoms with Crippen molar-refractivity contribution in [3.8, 4) is 5.88 Å². The Labute approximate surface area is 186 Å². The van der Waals surface area contributed by atoms with E-state index in [1.54, 1.807) is 11.3 Å². The summed E-state index contributed by atoms with van der Waals surface area (Å²) in [5, 5.41) is 0.826. The molecule has 1 saturated carbocycles. The monoisotopic (exact) mass is 467 g/mol. The van der Waals surface area contributed by atoms with Crippen LogP contribution in [0.25, 0.3) is 10.2 Å². The van der Waals surface area contributed by atoms with Crippen LogP contribution < -0.4 is 10.5 Å². The lowest BCUT2D eigenvalue weighted by molar-refractivity contribution is -0.117. The number of aromatic nitrogens is 2. The van der Waals surface area contributed by atoms with Crippen LogP contribution in [0.4, 0.5) is 0 Å². The first-order chi connectivity index (χ1) is 14.7. The number of thiophene rings is 1. The largest absolute Gasteiger partial charge is 0.474 e. The van der Waals surface area contributed by atoms with Crippen molar-refractivity contribution in [3.63, 3.8) is 0 Å². The third-order valence-corrected chi connectivity index (χ3v) is 9.23. The maximum absolute atomic E-state index is 12.7. The summed E-state index contributed by atoms with van der Waals surface area (Å²) in [5.74, 6) is -0.336. The first kappa shape index (κ1) is 22.4. The molecule has 170 valence electrons. The predicted molar refractivity (Wildman–Crippen MR) is 119 cm³/mol. The zero-order chi connectivity index (χ0) is 22.2. The molecule has 0 bridgehead atoms. The molecule has 0 unspecified atom stereocenters. The van der Waals surface area contributed by atoms with E-state index in [0.29, 0.717) is 24.9 Å². The zero-order valence-electron chi connectivity index (χ0n) is 17.9. The average molecular weight is 468 g/mol. The Hall–Kier alpha value is -1.82. The van der Waals surface area contributed by atoms with Crippen molar-refractivity contribution in [1.29, 1.82) is 0 Å². The number of carbonyl (C=O) groups excluding carboxylic acids is 1. The van der Waals surface area contributed by atoms with Crippen LogP contribution in [-0.2, 0) is 27.8 Å². The van der Waals surface area contributed by atoms with E-state index < -0.39 is 15.9 Å². The molecule has 2 aromatic rings. The number of ether oxygens (including phenoxy) is 1. The highest BCUT2D eigenvalue weighted by molar-refractivity contribution is 7.89. The number of fused-ring (bicyclic) bond motifs is 3. The van der Waals surface area contributed by atoms with E-state index in [2.05, 4.69) is 29.0 Å². The molecular weight excluding hydrogens is 438 g/mol. The summed E-state index contributed by atoms with van der Waals surface area (Å²) in [7, 11) is 0.652. The first-order valence-corrected chi connectivity index (χ1v) is 13.0. The van der Waals surface area contributed by atoms with Crippen molar-refractivity contribution in [2.75, 3.05) is 26.4 Å². The molecule has 2 N–H and O–H groups in total. The summed E-state index contributed by atoms with van der Waals surface area (Å²) >= 11 is 1.58. The molecular formula is C20H29N5O4S2. The van der Waals surface area contributed by atoms with E-state index in [0.717, 1.165) is 46.3 Å². The van der Waals surface area contributed by atoms with Gasteiger partial charge in [-0.1, -0.05) is 0 Å². The molecule has 3 heterocycles. The highest BCUT2D eigenvalue weighted by Gasteiger charge is 2.32. The quantitative estimate of drug-likeness (QED) is 0.655. The standard InChI is InChI=1S/C20H29N5O4S2/c1-24(2)13-3-5-14(6-4-13)29-19-18-15-11-25(31(27,28)10-8-17(21)26)9-7-16(15)30-20(18)23-12-22-19/h12-14H,3-11H2,1-2H3,(H2,21,26).